The quantitative estimate of drug-likeness (QED) is 0.854. The Morgan fingerprint density at radius 3 is 2.80 bits per heavy atom. The van der Waals surface area contributed by atoms with Gasteiger partial charge >= 0.3 is 0 Å². The zero-order chi connectivity index (χ0) is 13.9. The van der Waals surface area contributed by atoms with Crippen LogP contribution in [-0.2, 0) is 6.54 Å². The zero-order valence-corrected chi connectivity index (χ0v) is 14.1. The highest BCUT2D eigenvalue weighted by Crippen LogP contribution is 2.31. The fourth-order valence-electron chi connectivity index (χ4n) is 3.07. The van der Waals surface area contributed by atoms with E-state index in [0.29, 0.717) is 0 Å². The van der Waals surface area contributed by atoms with Gasteiger partial charge in [0.05, 0.1) is 5.02 Å². The number of rotatable bonds is 5. The van der Waals surface area contributed by atoms with Gasteiger partial charge in [-0.2, -0.15) is 0 Å². The average Bonchev–Trinajstić information content (AvgIpc) is 3.28. The van der Waals surface area contributed by atoms with Crippen LogP contribution in [-0.4, -0.2) is 30.6 Å². The number of hydrogen-bond donors (Lipinski definition) is 1. The summed E-state index contributed by atoms with van der Waals surface area (Å²) in [5.41, 5.74) is 1.33. The summed E-state index contributed by atoms with van der Waals surface area (Å²) < 4.78 is 0.984. The van der Waals surface area contributed by atoms with Gasteiger partial charge in [0.2, 0.25) is 0 Å². The van der Waals surface area contributed by atoms with E-state index in [1.54, 1.807) is 0 Å². The highest BCUT2D eigenvalue weighted by atomic mass is 79.9. The Kier molecular flexibility index (Phi) is 5.03. The van der Waals surface area contributed by atoms with Gasteiger partial charge in [-0.05, 0) is 78.3 Å². The Morgan fingerprint density at radius 2 is 2.15 bits per heavy atom. The minimum atomic E-state index is 0.805. The second-order valence-corrected chi connectivity index (χ2v) is 7.38. The van der Waals surface area contributed by atoms with Gasteiger partial charge in [0.1, 0.15) is 0 Å². The van der Waals surface area contributed by atoms with E-state index in [2.05, 4.69) is 44.3 Å². The molecule has 0 spiro atoms. The van der Waals surface area contributed by atoms with Crippen molar-refractivity contribution in [3.05, 3.63) is 33.3 Å². The molecule has 0 amide bonds. The van der Waals surface area contributed by atoms with Crippen molar-refractivity contribution in [2.75, 3.05) is 19.6 Å². The second-order valence-electron chi connectivity index (χ2n) is 6.12. The first-order chi connectivity index (χ1) is 9.72. The van der Waals surface area contributed by atoms with Crippen LogP contribution in [0.1, 0.15) is 31.2 Å². The molecule has 1 heterocycles. The number of halogens is 2. The molecular weight excluding hydrogens is 336 g/mol. The number of hydrogen-bond acceptors (Lipinski definition) is 2. The normalized spacial score (nSPS) is 23.2. The Bertz CT molecular complexity index is 456. The predicted octanol–water partition coefficient (Wildman–Crippen LogP) is 4.07. The van der Waals surface area contributed by atoms with E-state index in [4.69, 9.17) is 11.6 Å². The Labute approximate surface area is 135 Å². The van der Waals surface area contributed by atoms with Crippen LogP contribution in [0, 0.1) is 5.92 Å². The number of piperidine rings is 1. The molecule has 1 aromatic rings. The van der Waals surface area contributed by atoms with Gasteiger partial charge in [0.15, 0.2) is 0 Å². The van der Waals surface area contributed by atoms with E-state index in [1.807, 2.05) is 0 Å². The highest BCUT2D eigenvalue weighted by Gasteiger charge is 2.30. The van der Waals surface area contributed by atoms with Gasteiger partial charge in [0.25, 0.3) is 0 Å². The fraction of sp³-hybridized carbons (Fsp3) is 0.625. The van der Waals surface area contributed by atoms with E-state index in [1.165, 1.54) is 50.9 Å². The van der Waals surface area contributed by atoms with E-state index in [-0.39, 0.29) is 0 Å². The molecule has 1 aromatic carbocycles. The molecule has 1 atom stereocenters. The topological polar surface area (TPSA) is 15.3 Å². The van der Waals surface area contributed by atoms with Crippen LogP contribution in [0.5, 0.6) is 0 Å². The summed E-state index contributed by atoms with van der Waals surface area (Å²) in [5, 5.41) is 4.34. The molecule has 2 fully saturated rings. The van der Waals surface area contributed by atoms with Crippen molar-refractivity contribution in [2.24, 2.45) is 5.92 Å². The molecule has 1 N–H and O–H groups in total. The molecule has 1 saturated heterocycles. The van der Waals surface area contributed by atoms with Gasteiger partial charge < -0.3 is 5.32 Å². The summed E-state index contributed by atoms with van der Waals surface area (Å²) in [5.74, 6) is 0.815. The van der Waals surface area contributed by atoms with Gasteiger partial charge in [-0.25, -0.2) is 0 Å². The molecule has 0 radical (unpaired) electrons. The summed E-state index contributed by atoms with van der Waals surface area (Å²) >= 11 is 9.67. The van der Waals surface area contributed by atoms with E-state index >= 15 is 0 Å². The number of benzene rings is 1. The summed E-state index contributed by atoms with van der Waals surface area (Å²) in [6, 6.07) is 7.15. The van der Waals surface area contributed by atoms with Gasteiger partial charge in [-0.15, -0.1) is 0 Å². The molecule has 0 bridgehead atoms. The third-order valence-corrected chi connectivity index (χ3v) is 5.56. The largest absolute Gasteiger partial charge is 0.316 e. The van der Waals surface area contributed by atoms with E-state index in [0.717, 1.165) is 28.0 Å². The molecule has 2 nitrogen and oxygen atoms in total. The molecule has 1 aliphatic heterocycles. The van der Waals surface area contributed by atoms with Crippen LogP contribution in [0.2, 0.25) is 5.02 Å². The lowest BCUT2D eigenvalue weighted by Crippen LogP contribution is -2.39. The Hall–Kier alpha value is -0.0900. The lowest BCUT2D eigenvalue weighted by atomic mass is 9.98. The lowest BCUT2D eigenvalue weighted by molar-refractivity contribution is 0.193. The minimum absolute atomic E-state index is 0.805. The summed E-state index contributed by atoms with van der Waals surface area (Å²) in [6.45, 7) is 4.64. The van der Waals surface area contributed by atoms with Crippen molar-refractivity contribution in [1.29, 1.82) is 0 Å². The van der Waals surface area contributed by atoms with Crippen molar-refractivity contribution in [3.63, 3.8) is 0 Å². The maximum absolute atomic E-state index is 6.21. The summed E-state index contributed by atoms with van der Waals surface area (Å²) in [4.78, 5) is 2.66. The first-order valence-corrected chi connectivity index (χ1v) is 8.78. The number of nitrogens with one attached hydrogen (secondary N) is 1. The monoisotopic (exact) mass is 356 g/mol. The van der Waals surface area contributed by atoms with Crippen molar-refractivity contribution in [2.45, 2.75) is 38.3 Å². The van der Waals surface area contributed by atoms with Gasteiger partial charge in [-0.3, -0.25) is 4.90 Å². The number of nitrogens with zero attached hydrogens (tertiary/aromatic N) is 1. The van der Waals surface area contributed by atoms with Crippen molar-refractivity contribution >= 4 is 27.5 Å². The van der Waals surface area contributed by atoms with Crippen molar-refractivity contribution < 1.29 is 0 Å². The van der Waals surface area contributed by atoms with Crippen LogP contribution in [0.15, 0.2) is 22.7 Å². The van der Waals surface area contributed by atoms with E-state index in [9.17, 15) is 0 Å². The van der Waals surface area contributed by atoms with Crippen LogP contribution in [0.4, 0.5) is 0 Å². The molecule has 20 heavy (non-hydrogen) atoms. The molecule has 110 valence electrons. The minimum Gasteiger partial charge on any atom is -0.316 e. The molecule has 1 saturated carbocycles. The van der Waals surface area contributed by atoms with Gasteiger partial charge in [0, 0.05) is 23.6 Å². The third-order valence-electron chi connectivity index (χ3n) is 4.32. The fourth-order valence-corrected chi connectivity index (χ4v) is 3.52. The van der Waals surface area contributed by atoms with Crippen LogP contribution >= 0.6 is 27.5 Å². The summed E-state index contributed by atoms with van der Waals surface area (Å²) in [6.07, 6.45) is 5.43. The van der Waals surface area contributed by atoms with Crippen LogP contribution < -0.4 is 5.32 Å². The average molecular weight is 358 g/mol. The second kappa shape index (κ2) is 6.78. The molecule has 1 unspecified atom stereocenters. The van der Waals surface area contributed by atoms with Crippen molar-refractivity contribution in [3.8, 4) is 0 Å². The SMILES string of the molecule is Clc1cc(CN(CC2CCCNC2)C2CC2)ccc1Br. The molecule has 2 aliphatic rings. The molecular formula is C16H22BrClN2. The third kappa shape index (κ3) is 3.97. The molecule has 0 aromatic heterocycles. The lowest BCUT2D eigenvalue weighted by Gasteiger charge is -2.30. The first-order valence-electron chi connectivity index (χ1n) is 7.61. The molecule has 4 heteroatoms. The molecule has 1 aliphatic carbocycles. The van der Waals surface area contributed by atoms with Crippen LogP contribution in [0.3, 0.4) is 0 Å². The smallest absolute Gasteiger partial charge is 0.0551 e. The van der Waals surface area contributed by atoms with Gasteiger partial charge in [-0.1, -0.05) is 17.7 Å². The zero-order valence-electron chi connectivity index (χ0n) is 11.7. The maximum atomic E-state index is 6.21. The standard InChI is InChI=1S/C16H22BrClN2/c17-15-6-3-12(8-16(15)18)10-20(14-4-5-14)11-13-2-1-7-19-9-13/h3,6,8,13-14,19H,1-2,4-5,7,9-11H2. The predicted molar refractivity (Wildman–Crippen MR) is 88.2 cm³/mol. The highest BCUT2D eigenvalue weighted by molar-refractivity contribution is 9.10. The van der Waals surface area contributed by atoms with Crippen molar-refractivity contribution in [1.82, 2.24) is 10.2 Å². The maximum Gasteiger partial charge on any atom is 0.0551 e. The van der Waals surface area contributed by atoms with E-state index < -0.39 is 0 Å². The molecule has 3 rings (SSSR count). The van der Waals surface area contributed by atoms with Crippen LogP contribution in [0.25, 0.3) is 0 Å². The first kappa shape index (κ1) is 14.8. The summed E-state index contributed by atoms with van der Waals surface area (Å²) in [7, 11) is 0. The Morgan fingerprint density at radius 1 is 1.30 bits per heavy atom. The Balaban J connectivity index is 1.62.